The third-order valence-corrected chi connectivity index (χ3v) is 3.02. The van der Waals surface area contributed by atoms with Crippen LogP contribution in [0, 0.1) is 10.5 Å². The SMILES string of the molecule is Cc1ccc(NC(=O)C(C)N)cc1I.Cl. The molecule has 1 aromatic rings. The molecule has 3 N–H and O–H groups in total. The molecule has 0 saturated carbocycles. The number of amides is 1. The summed E-state index contributed by atoms with van der Waals surface area (Å²) < 4.78 is 1.13. The molecule has 1 unspecified atom stereocenters. The molecule has 0 heterocycles. The van der Waals surface area contributed by atoms with Crippen molar-refractivity contribution in [3.05, 3.63) is 27.3 Å². The Balaban J connectivity index is 0.00000196. The van der Waals surface area contributed by atoms with E-state index in [4.69, 9.17) is 5.73 Å². The van der Waals surface area contributed by atoms with Crippen molar-refractivity contribution in [3.63, 3.8) is 0 Å². The van der Waals surface area contributed by atoms with Crippen LogP contribution in [0.25, 0.3) is 0 Å². The van der Waals surface area contributed by atoms with E-state index in [9.17, 15) is 4.79 Å². The van der Waals surface area contributed by atoms with Crippen molar-refractivity contribution in [1.82, 2.24) is 0 Å². The van der Waals surface area contributed by atoms with Gasteiger partial charge in [-0.3, -0.25) is 4.79 Å². The lowest BCUT2D eigenvalue weighted by Crippen LogP contribution is -2.32. The summed E-state index contributed by atoms with van der Waals surface area (Å²) in [6.07, 6.45) is 0. The number of halogens is 2. The first-order valence-electron chi connectivity index (χ1n) is 4.33. The van der Waals surface area contributed by atoms with Crippen LogP contribution in [-0.4, -0.2) is 11.9 Å². The number of benzene rings is 1. The second-order valence-electron chi connectivity index (χ2n) is 3.24. The summed E-state index contributed by atoms with van der Waals surface area (Å²) in [6, 6.07) is 5.29. The molecule has 3 nitrogen and oxygen atoms in total. The molecule has 0 aliphatic carbocycles. The third-order valence-electron chi connectivity index (χ3n) is 1.85. The van der Waals surface area contributed by atoms with E-state index in [1.54, 1.807) is 6.92 Å². The molecule has 1 atom stereocenters. The highest BCUT2D eigenvalue weighted by molar-refractivity contribution is 14.1. The highest BCUT2D eigenvalue weighted by Crippen LogP contribution is 2.16. The Morgan fingerprint density at radius 1 is 1.53 bits per heavy atom. The van der Waals surface area contributed by atoms with Crippen molar-refractivity contribution in [1.29, 1.82) is 0 Å². The van der Waals surface area contributed by atoms with Crippen LogP contribution in [0.1, 0.15) is 12.5 Å². The van der Waals surface area contributed by atoms with Gasteiger partial charge in [0, 0.05) is 9.26 Å². The Morgan fingerprint density at radius 3 is 2.60 bits per heavy atom. The van der Waals surface area contributed by atoms with Crippen LogP contribution in [0.5, 0.6) is 0 Å². The van der Waals surface area contributed by atoms with Gasteiger partial charge in [-0.15, -0.1) is 12.4 Å². The van der Waals surface area contributed by atoms with E-state index in [0.717, 1.165) is 9.26 Å². The van der Waals surface area contributed by atoms with Gasteiger partial charge >= 0.3 is 0 Å². The molecule has 0 radical (unpaired) electrons. The molecular weight excluding hydrogens is 326 g/mol. The van der Waals surface area contributed by atoms with Crippen LogP contribution in [0.2, 0.25) is 0 Å². The van der Waals surface area contributed by atoms with Crippen LogP contribution >= 0.6 is 35.0 Å². The largest absolute Gasteiger partial charge is 0.325 e. The van der Waals surface area contributed by atoms with E-state index in [2.05, 4.69) is 27.9 Å². The molecule has 1 aromatic carbocycles. The molecule has 0 aromatic heterocycles. The zero-order valence-electron chi connectivity index (χ0n) is 8.58. The van der Waals surface area contributed by atoms with Gasteiger partial charge < -0.3 is 11.1 Å². The fraction of sp³-hybridized carbons (Fsp3) is 0.300. The van der Waals surface area contributed by atoms with E-state index < -0.39 is 6.04 Å². The summed E-state index contributed by atoms with van der Waals surface area (Å²) in [4.78, 5) is 11.3. The minimum absolute atomic E-state index is 0. The molecule has 0 bridgehead atoms. The van der Waals surface area contributed by atoms with Gasteiger partial charge in [0.2, 0.25) is 5.91 Å². The van der Waals surface area contributed by atoms with E-state index >= 15 is 0 Å². The number of carbonyl (C=O) groups excluding carboxylic acids is 1. The summed E-state index contributed by atoms with van der Waals surface area (Å²) in [7, 11) is 0. The second-order valence-corrected chi connectivity index (χ2v) is 4.40. The van der Waals surface area contributed by atoms with Crippen LogP contribution in [-0.2, 0) is 4.79 Å². The first kappa shape index (κ1) is 14.7. The molecule has 0 fully saturated rings. The highest BCUT2D eigenvalue weighted by atomic mass is 127. The van der Waals surface area contributed by atoms with Gasteiger partial charge in [-0.25, -0.2) is 0 Å². The smallest absolute Gasteiger partial charge is 0.240 e. The summed E-state index contributed by atoms with van der Waals surface area (Å²) in [5, 5.41) is 2.74. The van der Waals surface area contributed by atoms with E-state index in [-0.39, 0.29) is 18.3 Å². The maximum Gasteiger partial charge on any atom is 0.240 e. The van der Waals surface area contributed by atoms with Crippen molar-refractivity contribution >= 4 is 46.6 Å². The minimum atomic E-state index is -0.478. The van der Waals surface area contributed by atoms with Gasteiger partial charge in [-0.1, -0.05) is 6.07 Å². The quantitative estimate of drug-likeness (QED) is 0.812. The summed E-state index contributed by atoms with van der Waals surface area (Å²) in [6.45, 7) is 3.69. The predicted molar refractivity (Wildman–Crippen MR) is 73.4 cm³/mol. The van der Waals surface area contributed by atoms with Gasteiger partial charge in [-0.2, -0.15) is 0 Å². The second kappa shape index (κ2) is 6.30. The molecule has 0 aliphatic heterocycles. The van der Waals surface area contributed by atoms with Crippen molar-refractivity contribution in [2.45, 2.75) is 19.9 Å². The van der Waals surface area contributed by atoms with Gasteiger partial charge in [0.25, 0.3) is 0 Å². The van der Waals surface area contributed by atoms with Gasteiger partial charge in [0.05, 0.1) is 6.04 Å². The number of anilines is 1. The molecule has 0 aliphatic rings. The Bertz CT molecular complexity index is 355. The van der Waals surface area contributed by atoms with Crippen molar-refractivity contribution < 1.29 is 4.79 Å². The average Bonchev–Trinajstić information content (AvgIpc) is 2.11. The van der Waals surface area contributed by atoms with Crippen LogP contribution in [0.15, 0.2) is 18.2 Å². The summed E-state index contributed by atoms with van der Waals surface area (Å²) >= 11 is 2.23. The van der Waals surface area contributed by atoms with E-state index in [1.807, 2.05) is 25.1 Å². The third kappa shape index (κ3) is 4.36. The Morgan fingerprint density at radius 2 is 2.13 bits per heavy atom. The van der Waals surface area contributed by atoms with E-state index in [0.29, 0.717) is 0 Å². The van der Waals surface area contributed by atoms with Gasteiger partial charge in [0.1, 0.15) is 0 Å². The molecule has 5 heteroatoms. The molecule has 84 valence electrons. The van der Waals surface area contributed by atoms with Gasteiger partial charge in [0.15, 0.2) is 0 Å². The van der Waals surface area contributed by atoms with Crippen molar-refractivity contribution in [2.75, 3.05) is 5.32 Å². The first-order chi connectivity index (χ1) is 6.50. The minimum Gasteiger partial charge on any atom is -0.325 e. The van der Waals surface area contributed by atoms with Crippen LogP contribution in [0.3, 0.4) is 0 Å². The standard InChI is InChI=1S/C10H13IN2O.ClH/c1-6-3-4-8(5-9(6)11)13-10(14)7(2)12;/h3-5,7H,12H2,1-2H3,(H,13,14);1H. The average molecular weight is 341 g/mol. The molecule has 1 rings (SSSR count). The fourth-order valence-electron chi connectivity index (χ4n) is 0.927. The predicted octanol–water partition coefficient (Wildman–Crippen LogP) is 2.31. The number of hydrogen-bond donors (Lipinski definition) is 2. The van der Waals surface area contributed by atoms with Crippen molar-refractivity contribution in [2.24, 2.45) is 5.73 Å². The lowest BCUT2D eigenvalue weighted by atomic mass is 10.2. The lowest BCUT2D eigenvalue weighted by molar-refractivity contribution is -0.117. The molecular formula is C10H14ClIN2O. The van der Waals surface area contributed by atoms with Crippen LogP contribution in [0.4, 0.5) is 5.69 Å². The number of rotatable bonds is 2. The Kier molecular flexibility index (Phi) is 6.16. The molecule has 15 heavy (non-hydrogen) atoms. The summed E-state index contributed by atoms with van der Waals surface area (Å²) in [5.74, 6) is -0.162. The Labute approximate surface area is 109 Å². The Hall–Kier alpha value is -0.330. The van der Waals surface area contributed by atoms with Gasteiger partial charge in [-0.05, 0) is 54.1 Å². The number of aryl methyl sites for hydroxylation is 1. The van der Waals surface area contributed by atoms with Crippen molar-refractivity contribution in [3.8, 4) is 0 Å². The zero-order chi connectivity index (χ0) is 10.7. The number of hydrogen-bond acceptors (Lipinski definition) is 2. The lowest BCUT2D eigenvalue weighted by Gasteiger charge is -2.08. The number of carbonyl (C=O) groups is 1. The van der Waals surface area contributed by atoms with Crippen LogP contribution < -0.4 is 11.1 Å². The number of nitrogens with two attached hydrogens (primary N) is 1. The molecule has 0 spiro atoms. The highest BCUT2D eigenvalue weighted by Gasteiger charge is 2.07. The maximum atomic E-state index is 11.3. The monoisotopic (exact) mass is 340 g/mol. The topological polar surface area (TPSA) is 55.1 Å². The van der Waals surface area contributed by atoms with E-state index in [1.165, 1.54) is 5.56 Å². The number of nitrogens with one attached hydrogen (secondary N) is 1. The summed E-state index contributed by atoms with van der Waals surface area (Å²) in [5.41, 5.74) is 7.43. The normalized spacial score (nSPS) is 11.5. The molecule has 0 saturated heterocycles. The maximum absolute atomic E-state index is 11.3. The zero-order valence-corrected chi connectivity index (χ0v) is 11.6. The fourth-order valence-corrected chi connectivity index (χ4v) is 1.44. The molecule has 1 amide bonds. The first-order valence-corrected chi connectivity index (χ1v) is 5.41.